The number of nitrogens with zero attached hydrogens (tertiary/aromatic N) is 1. The van der Waals surface area contributed by atoms with Gasteiger partial charge in [0, 0.05) is 18.6 Å². The van der Waals surface area contributed by atoms with Gasteiger partial charge in [0.1, 0.15) is 0 Å². The summed E-state index contributed by atoms with van der Waals surface area (Å²) in [5.41, 5.74) is 0.553. The van der Waals surface area contributed by atoms with Crippen molar-refractivity contribution in [2.24, 2.45) is 11.3 Å². The minimum atomic E-state index is 0.553. The van der Waals surface area contributed by atoms with Gasteiger partial charge in [0.2, 0.25) is 0 Å². The highest BCUT2D eigenvalue weighted by Gasteiger charge is 2.31. The molecule has 1 saturated heterocycles. The summed E-state index contributed by atoms with van der Waals surface area (Å²) in [5, 5.41) is 3.96. The average Bonchev–Trinajstić information content (AvgIpc) is 2.37. The lowest BCUT2D eigenvalue weighted by Gasteiger charge is -2.40. The van der Waals surface area contributed by atoms with Crippen LogP contribution in [0.15, 0.2) is 0 Å². The third-order valence-corrected chi connectivity index (χ3v) is 5.40. The highest BCUT2D eigenvalue weighted by atomic mass is 15.1. The van der Waals surface area contributed by atoms with Crippen molar-refractivity contribution in [2.75, 3.05) is 19.6 Å². The smallest absolute Gasteiger partial charge is 0.00818 e. The van der Waals surface area contributed by atoms with Crippen molar-refractivity contribution in [3.05, 3.63) is 0 Å². The van der Waals surface area contributed by atoms with Gasteiger partial charge in [-0.2, -0.15) is 0 Å². The van der Waals surface area contributed by atoms with Gasteiger partial charge in [0.15, 0.2) is 0 Å². The molecule has 2 heteroatoms. The SMILES string of the molecule is CCN1CCCC(C(C)NC2CCCC(C)(C)C2)C1. The molecule has 19 heavy (non-hydrogen) atoms. The van der Waals surface area contributed by atoms with E-state index in [0.29, 0.717) is 11.5 Å². The average molecular weight is 266 g/mol. The number of nitrogens with one attached hydrogen (secondary N) is 1. The van der Waals surface area contributed by atoms with Crippen molar-refractivity contribution < 1.29 is 0 Å². The molecule has 1 aliphatic heterocycles. The Balaban J connectivity index is 1.81. The van der Waals surface area contributed by atoms with E-state index in [1.165, 1.54) is 58.2 Å². The van der Waals surface area contributed by atoms with Crippen molar-refractivity contribution in [3.8, 4) is 0 Å². The van der Waals surface area contributed by atoms with Gasteiger partial charge in [-0.1, -0.05) is 27.2 Å². The maximum atomic E-state index is 3.96. The van der Waals surface area contributed by atoms with E-state index in [1.807, 2.05) is 0 Å². The fraction of sp³-hybridized carbons (Fsp3) is 1.00. The predicted octanol–water partition coefficient (Wildman–Crippen LogP) is 3.67. The van der Waals surface area contributed by atoms with E-state index in [4.69, 9.17) is 0 Å². The molecule has 2 nitrogen and oxygen atoms in total. The molecule has 2 fully saturated rings. The number of hydrogen-bond donors (Lipinski definition) is 1. The van der Waals surface area contributed by atoms with E-state index in [1.54, 1.807) is 0 Å². The quantitative estimate of drug-likeness (QED) is 0.835. The lowest BCUT2D eigenvalue weighted by atomic mass is 9.75. The number of piperidine rings is 1. The van der Waals surface area contributed by atoms with Crippen molar-refractivity contribution in [1.82, 2.24) is 10.2 Å². The van der Waals surface area contributed by atoms with Crippen LogP contribution in [0.3, 0.4) is 0 Å². The van der Waals surface area contributed by atoms with Gasteiger partial charge in [0.25, 0.3) is 0 Å². The highest BCUT2D eigenvalue weighted by Crippen LogP contribution is 2.35. The maximum Gasteiger partial charge on any atom is 0.00818 e. The fourth-order valence-electron chi connectivity index (χ4n) is 4.13. The molecule has 0 aromatic carbocycles. The van der Waals surface area contributed by atoms with E-state index in [0.717, 1.165) is 12.0 Å². The van der Waals surface area contributed by atoms with E-state index in [-0.39, 0.29) is 0 Å². The second-order valence-electron chi connectivity index (χ2n) is 7.71. The first-order valence-electron chi connectivity index (χ1n) is 8.48. The summed E-state index contributed by atoms with van der Waals surface area (Å²) in [6, 6.07) is 1.45. The Morgan fingerprint density at radius 2 is 2.05 bits per heavy atom. The Bertz CT molecular complexity index is 274. The third-order valence-electron chi connectivity index (χ3n) is 5.40. The monoisotopic (exact) mass is 266 g/mol. The van der Waals surface area contributed by atoms with Gasteiger partial charge in [0.05, 0.1) is 0 Å². The number of likely N-dealkylation sites (tertiary alicyclic amines) is 1. The van der Waals surface area contributed by atoms with E-state index in [9.17, 15) is 0 Å². The van der Waals surface area contributed by atoms with Crippen LogP contribution in [0, 0.1) is 11.3 Å². The first-order chi connectivity index (χ1) is 9.00. The van der Waals surface area contributed by atoms with Crippen LogP contribution in [0.4, 0.5) is 0 Å². The summed E-state index contributed by atoms with van der Waals surface area (Å²) in [5.74, 6) is 0.860. The largest absolute Gasteiger partial charge is 0.311 e. The van der Waals surface area contributed by atoms with Crippen molar-refractivity contribution in [1.29, 1.82) is 0 Å². The predicted molar refractivity (Wildman–Crippen MR) is 83.5 cm³/mol. The minimum absolute atomic E-state index is 0.553. The van der Waals surface area contributed by atoms with E-state index >= 15 is 0 Å². The van der Waals surface area contributed by atoms with Crippen molar-refractivity contribution in [3.63, 3.8) is 0 Å². The lowest BCUT2D eigenvalue weighted by molar-refractivity contribution is 0.134. The Kier molecular flexibility index (Phi) is 5.30. The molecule has 0 bridgehead atoms. The van der Waals surface area contributed by atoms with E-state index in [2.05, 4.69) is 37.9 Å². The van der Waals surface area contributed by atoms with Crippen LogP contribution >= 0.6 is 0 Å². The van der Waals surface area contributed by atoms with Crippen LogP contribution in [0.25, 0.3) is 0 Å². The van der Waals surface area contributed by atoms with Crippen LogP contribution in [-0.4, -0.2) is 36.6 Å². The van der Waals surface area contributed by atoms with Gasteiger partial charge in [-0.25, -0.2) is 0 Å². The molecule has 0 aromatic rings. The molecule has 3 unspecified atom stereocenters. The Morgan fingerprint density at radius 1 is 1.26 bits per heavy atom. The topological polar surface area (TPSA) is 15.3 Å². The van der Waals surface area contributed by atoms with Gasteiger partial charge in [-0.3, -0.25) is 0 Å². The molecule has 1 N–H and O–H groups in total. The van der Waals surface area contributed by atoms with Gasteiger partial charge in [-0.15, -0.1) is 0 Å². The maximum absolute atomic E-state index is 3.96. The molecule has 0 radical (unpaired) electrons. The Morgan fingerprint density at radius 3 is 2.74 bits per heavy atom. The Hall–Kier alpha value is -0.0800. The summed E-state index contributed by atoms with van der Waals surface area (Å²) in [7, 11) is 0. The normalized spacial score (nSPS) is 34.1. The standard InChI is InChI=1S/C17H34N2/c1-5-19-11-7-8-15(13-19)14(2)18-16-9-6-10-17(3,4)12-16/h14-16,18H,5-13H2,1-4H3. The first-order valence-corrected chi connectivity index (χ1v) is 8.48. The molecule has 2 aliphatic rings. The number of rotatable bonds is 4. The molecular formula is C17H34N2. The summed E-state index contributed by atoms with van der Waals surface area (Å²) in [6.07, 6.45) is 8.37. The second-order valence-corrected chi connectivity index (χ2v) is 7.71. The molecule has 1 heterocycles. The highest BCUT2D eigenvalue weighted by molar-refractivity contribution is 4.87. The summed E-state index contributed by atoms with van der Waals surface area (Å²) < 4.78 is 0. The van der Waals surface area contributed by atoms with Crippen LogP contribution in [0.1, 0.15) is 66.2 Å². The number of hydrogen-bond acceptors (Lipinski definition) is 2. The van der Waals surface area contributed by atoms with Crippen LogP contribution < -0.4 is 5.32 Å². The van der Waals surface area contributed by atoms with E-state index < -0.39 is 0 Å². The first kappa shape index (κ1) is 15.3. The molecule has 1 saturated carbocycles. The Labute approximate surface area is 120 Å². The minimum Gasteiger partial charge on any atom is -0.311 e. The molecule has 0 spiro atoms. The molecule has 1 aliphatic carbocycles. The van der Waals surface area contributed by atoms with Crippen molar-refractivity contribution >= 4 is 0 Å². The zero-order valence-corrected chi connectivity index (χ0v) is 13.5. The third kappa shape index (κ3) is 4.46. The zero-order chi connectivity index (χ0) is 13.9. The fourth-order valence-corrected chi connectivity index (χ4v) is 4.13. The second kappa shape index (κ2) is 6.58. The molecule has 3 atom stereocenters. The van der Waals surface area contributed by atoms with Crippen molar-refractivity contribution in [2.45, 2.75) is 78.3 Å². The van der Waals surface area contributed by atoms with Gasteiger partial charge < -0.3 is 10.2 Å². The van der Waals surface area contributed by atoms with Crippen LogP contribution in [0.2, 0.25) is 0 Å². The lowest BCUT2D eigenvalue weighted by Crippen LogP contribution is -2.49. The zero-order valence-electron chi connectivity index (χ0n) is 13.5. The molecule has 2 rings (SSSR count). The van der Waals surface area contributed by atoms with Crippen LogP contribution in [0.5, 0.6) is 0 Å². The molecule has 112 valence electrons. The molecular weight excluding hydrogens is 232 g/mol. The van der Waals surface area contributed by atoms with Crippen LogP contribution in [-0.2, 0) is 0 Å². The van der Waals surface area contributed by atoms with Gasteiger partial charge in [-0.05, 0) is 63.5 Å². The van der Waals surface area contributed by atoms with Gasteiger partial charge >= 0.3 is 0 Å². The summed E-state index contributed by atoms with van der Waals surface area (Å²) in [6.45, 7) is 13.4. The molecule has 0 amide bonds. The summed E-state index contributed by atoms with van der Waals surface area (Å²) in [4.78, 5) is 2.62. The summed E-state index contributed by atoms with van der Waals surface area (Å²) >= 11 is 0. The molecule has 0 aromatic heterocycles.